The first-order valence-electron chi connectivity index (χ1n) is 13.4. The van der Waals surface area contributed by atoms with E-state index in [-0.39, 0.29) is 11.4 Å². The second kappa shape index (κ2) is 8.72. The molecule has 0 amide bonds. The van der Waals surface area contributed by atoms with Crippen molar-refractivity contribution in [2.24, 2.45) is 7.05 Å². The molecule has 0 aliphatic heterocycles. The first kappa shape index (κ1) is 19.4. The molecule has 0 fully saturated rings. The Balaban J connectivity index is 1.69. The zero-order valence-electron chi connectivity index (χ0n) is 23.3. The Morgan fingerprint density at radius 2 is 1.59 bits per heavy atom. The molecule has 0 bridgehead atoms. The molecule has 0 unspecified atom stereocenters. The normalized spacial score (nSPS) is 12.8. The molecule has 0 atom stereocenters. The summed E-state index contributed by atoms with van der Waals surface area (Å²) in [5.41, 5.74) is 6.16. The lowest BCUT2D eigenvalue weighted by Gasteiger charge is -2.11. The summed E-state index contributed by atoms with van der Waals surface area (Å²) in [6.45, 7) is -0.512. The Morgan fingerprint density at radius 1 is 0.838 bits per heavy atom. The van der Waals surface area contributed by atoms with E-state index in [4.69, 9.17) is 8.53 Å². The Kier molecular flexibility index (Phi) is 4.58. The van der Waals surface area contributed by atoms with E-state index in [9.17, 15) is 9.65 Å². The van der Waals surface area contributed by atoms with Gasteiger partial charge >= 0.3 is 0 Å². The van der Waals surface area contributed by atoms with Crippen LogP contribution in [0, 0.1) is 30.9 Å². The standard InChI is InChI=1S/C33H24FN2O/c1-20-9-12-27-28-14-11-24(19-35)31(26-13-10-23(17-21(26)2)22-7-5-4-6-8-22)33(28)37-32(27)30(20)29-18-25(34)15-16-36(29)3/h4-18H,1-3H3/q+1/i2D3. The van der Waals surface area contributed by atoms with Crippen molar-refractivity contribution in [2.45, 2.75) is 13.8 Å². The number of furan rings is 1. The fourth-order valence-corrected chi connectivity index (χ4v) is 5.05. The van der Waals surface area contributed by atoms with E-state index >= 15 is 0 Å². The van der Waals surface area contributed by atoms with Gasteiger partial charge in [-0.05, 0) is 53.7 Å². The van der Waals surface area contributed by atoms with E-state index in [0.29, 0.717) is 33.6 Å². The highest BCUT2D eigenvalue weighted by atomic mass is 19.1. The van der Waals surface area contributed by atoms with Gasteiger partial charge in [0.2, 0.25) is 5.69 Å². The number of benzene rings is 4. The van der Waals surface area contributed by atoms with E-state index in [1.165, 1.54) is 12.1 Å². The van der Waals surface area contributed by atoms with Crippen molar-refractivity contribution < 1.29 is 17.5 Å². The number of nitriles is 1. The summed E-state index contributed by atoms with van der Waals surface area (Å²) < 4.78 is 47.8. The van der Waals surface area contributed by atoms with Gasteiger partial charge in [0.15, 0.2) is 6.20 Å². The molecule has 0 saturated carbocycles. The van der Waals surface area contributed by atoms with Crippen LogP contribution in [-0.4, -0.2) is 0 Å². The molecule has 0 aliphatic rings. The third kappa shape index (κ3) is 3.68. The quantitative estimate of drug-likeness (QED) is 0.238. The first-order chi connectivity index (χ1) is 19.2. The van der Waals surface area contributed by atoms with Gasteiger partial charge in [-0.2, -0.15) is 5.26 Å². The average Bonchev–Trinajstić information content (AvgIpc) is 3.32. The minimum Gasteiger partial charge on any atom is -0.454 e. The molecule has 0 N–H and O–H groups in total. The van der Waals surface area contributed by atoms with Crippen molar-refractivity contribution in [1.82, 2.24) is 0 Å². The maximum absolute atomic E-state index is 14.3. The minimum atomic E-state index is -2.45. The number of hydrogen-bond acceptors (Lipinski definition) is 2. The molecule has 0 aliphatic carbocycles. The van der Waals surface area contributed by atoms with E-state index in [2.05, 4.69) is 6.07 Å². The van der Waals surface area contributed by atoms with Crippen LogP contribution in [0.5, 0.6) is 0 Å². The molecule has 2 heterocycles. The summed E-state index contributed by atoms with van der Waals surface area (Å²) in [4.78, 5) is 0. The van der Waals surface area contributed by atoms with Crippen molar-refractivity contribution in [3.8, 4) is 39.6 Å². The topological polar surface area (TPSA) is 40.8 Å². The SMILES string of the molecule is [2H]C([2H])([2H])c1cc(-c2ccccc2)ccc1-c1c(C#N)ccc2c1oc1c(-c3cc(F)cc[n+]3C)c(C)ccc12. The molecule has 6 aromatic rings. The molecule has 4 aromatic carbocycles. The molecule has 2 aromatic heterocycles. The van der Waals surface area contributed by atoms with E-state index < -0.39 is 6.85 Å². The molecule has 3 nitrogen and oxygen atoms in total. The summed E-state index contributed by atoms with van der Waals surface area (Å²) in [7, 11) is 1.84. The van der Waals surface area contributed by atoms with E-state index in [1.807, 2.05) is 73.1 Å². The summed E-state index contributed by atoms with van der Waals surface area (Å²) in [6, 6.07) is 27.4. The van der Waals surface area contributed by atoms with Gasteiger partial charge in [0.05, 0.1) is 17.2 Å². The van der Waals surface area contributed by atoms with Crippen LogP contribution in [0.25, 0.3) is 55.4 Å². The predicted octanol–water partition coefficient (Wildman–Crippen LogP) is 8.04. The van der Waals surface area contributed by atoms with Crippen LogP contribution in [0.1, 0.15) is 20.8 Å². The van der Waals surface area contributed by atoms with Crippen LogP contribution in [0.4, 0.5) is 4.39 Å². The number of rotatable bonds is 3. The van der Waals surface area contributed by atoms with Crippen molar-refractivity contribution in [2.75, 3.05) is 0 Å². The van der Waals surface area contributed by atoms with Gasteiger partial charge in [-0.1, -0.05) is 60.7 Å². The van der Waals surface area contributed by atoms with Crippen molar-refractivity contribution in [1.29, 1.82) is 5.26 Å². The summed E-state index contributed by atoms with van der Waals surface area (Å²) in [5.74, 6) is -0.367. The van der Waals surface area contributed by atoms with Gasteiger partial charge < -0.3 is 4.42 Å². The number of aromatic nitrogens is 1. The van der Waals surface area contributed by atoms with Crippen LogP contribution in [0.15, 0.2) is 95.5 Å². The summed E-state index contributed by atoms with van der Waals surface area (Å²) >= 11 is 0. The summed E-state index contributed by atoms with van der Waals surface area (Å²) in [5, 5.41) is 11.6. The fourth-order valence-electron chi connectivity index (χ4n) is 5.05. The Hall–Kier alpha value is -4.75. The Labute approximate surface area is 218 Å². The van der Waals surface area contributed by atoms with Crippen LogP contribution >= 0.6 is 0 Å². The maximum Gasteiger partial charge on any atom is 0.219 e. The van der Waals surface area contributed by atoms with Crippen molar-refractivity contribution >= 4 is 21.9 Å². The highest BCUT2D eigenvalue weighted by Gasteiger charge is 2.24. The third-order valence-electron chi connectivity index (χ3n) is 6.90. The number of fused-ring (bicyclic) bond motifs is 3. The molecular formula is C33H24FN2O+. The number of aryl methyl sites for hydroxylation is 3. The molecule has 37 heavy (non-hydrogen) atoms. The Bertz CT molecular complexity index is 1990. The van der Waals surface area contributed by atoms with Gasteiger partial charge in [-0.25, -0.2) is 8.96 Å². The van der Waals surface area contributed by atoms with Gasteiger partial charge in [-0.3, -0.25) is 0 Å². The van der Waals surface area contributed by atoms with Crippen LogP contribution in [0.2, 0.25) is 0 Å². The zero-order chi connectivity index (χ0) is 28.2. The van der Waals surface area contributed by atoms with Crippen LogP contribution in [-0.2, 0) is 7.05 Å². The average molecular weight is 487 g/mol. The van der Waals surface area contributed by atoms with Gasteiger partial charge in [0, 0.05) is 32.6 Å². The second-order valence-corrected chi connectivity index (χ2v) is 9.18. The molecule has 178 valence electrons. The first-order valence-corrected chi connectivity index (χ1v) is 11.9. The third-order valence-corrected chi connectivity index (χ3v) is 6.90. The van der Waals surface area contributed by atoms with Crippen molar-refractivity contribution in [3.05, 3.63) is 114 Å². The van der Waals surface area contributed by atoms with E-state index in [1.54, 1.807) is 24.4 Å². The largest absolute Gasteiger partial charge is 0.454 e. The highest BCUT2D eigenvalue weighted by Crippen LogP contribution is 2.43. The maximum atomic E-state index is 14.3. The monoisotopic (exact) mass is 486 g/mol. The molecule has 4 heteroatoms. The van der Waals surface area contributed by atoms with Gasteiger partial charge in [0.25, 0.3) is 0 Å². The summed E-state index contributed by atoms with van der Waals surface area (Å²) in [6.07, 6.45) is 1.65. The van der Waals surface area contributed by atoms with Crippen LogP contribution < -0.4 is 4.57 Å². The van der Waals surface area contributed by atoms with Gasteiger partial charge in [-0.15, -0.1) is 0 Å². The molecule has 6 rings (SSSR count). The van der Waals surface area contributed by atoms with Crippen molar-refractivity contribution in [3.63, 3.8) is 0 Å². The van der Waals surface area contributed by atoms with Gasteiger partial charge in [0.1, 0.15) is 24.0 Å². The fraction of sp³-hybridized carbons (Fsp3) is 0.0909. The Morgan fingerprint density at radius 3 is 2.35 bits per heavy atom. The number of nitrogens with zero attached hydrogens (tertiary/aromatic N) is 2. The second-order valence-electron chi connectivity index (χ2n) is 9.18. The molecular weight excluding hydrogens is 459 g/mol. The zero-order valence-corrected chi connectivity index (χ0v) is 20.3. The predicted molar refractivity (Wildman–Crippen MR) is 145 cm³/mol. The van der Waals surface area contributed by atoms with E-state index in [0.717, 1.165) is 33.0 Å². The number of pyridine rings is 1. The number of hydrogen-bond donors (Lipinski definition) is 0. The molecule has 0 spiro atoms. The smallest absolute Gasteiger partial charge is 0.219 e. The minimum absolute atomic E-state index is 0.131. The molecule has 0 saturated heterocycles. The lowest BCUT2D eigenvalue weighted by molar-refractivity contribution is -0.660. The lowest BCUT2D eigenvalue weighted by Crippen LogP contribution is -2.30. The highest BCUT2D eigenvalue weighted by molar-refractivity contribution is 6.14. The van der Waals surface area contributed by atoms with Crippen LogP contribution in [0.3, 0.4) is 0 Å². The lowest BCUT2D eigenvalue weighted by atomic mass is 9.91. The molecule has 0 radical (unpaired) electrons. The number of halogens is 1.